The zero-order valence-corrected chi connectivity index (χ0v) is 13.1. The smallest absolute Gasteiger partial charge is 0.243 e. The first-order chi connectivity index (χ1) is 9.21. The Bertz CT molecular complexity index is 583. The summed E-state index contributed by atoms with van der Waals surface area (Å²) in [5.74, 6) is -0.402. The first-order valence-electron chi connectivity index (χ1n) is 6.74. The molecule has 1 fully saturated rings. The van der Waals surface area contributed by atoms with E-state index < -0.39 is 15.8 Å². The standard InChI is InChI=1S/C14H21FN2O2S/c1-9-5-13(15)6-10(2)14(9)20(18,19)17-7-11(3)16-12(4)8-17/h5-6,11-12,16H,7-8H2,1-4H3. The van der Waals surface area contributed by atoms with E-state index >= 15 is 0 Å². The van der Waals surface area contributed by atoms with Crippen LogP contribution in [-0.4, -0.2) is 37.9 Å². The van der Waals surface area contributed by atoms with E-state index in [0.717, 1.165) is 0 Å². The lowest BCUT2D eigenvalue weighted by atomic mass is 10.1. The lowest BCUT2D eigenvalue weighted by Gasteiger charge is -2.35. The Hall–Kier alpha value is -0.980. The van der Waals surface area contributed by atoms with Crippen LogP contribution in [0.25, 0.3) is 0 Å². The second-order valence-electron chi connectivity index (χ2n) is 5.66. The van der Waals surface area contributed by atoms with Gasteiger partial charge in [0.2, 0.25) is 10.0 Å². The quantitative estimate of drug-likeness (QED) is 0.906. The number of sulfonamides is 1. The second-order valence-corrected chi connectivity index (χ2v) is 7.53. The van der Waals surface area contributed by atoms with Crippen LogP contribution in [0.3, 0.4) is 0 Å². The van der Waals surface area contributed by atoms with E-state index in [0.29, 0.717) is 24.2 Å². The summed E-state index contributed by atoms with van der Waals surface area (Å²) < 4.78 is 40.5. The fourth-order valence-electron chi connectivity index (χ4n) is 2.91. The highest BCUT2D eigenvalue weighted by atomic mass is 32.2. The van der Waals surface area contributed by atoms with Gasteiger partial charge in [-0.15, -0.1) is 0 Å². The molecule has 2 atom stereocenters. The van der Waals surface area contributed by atoms with Gasteiger partial charge in [-0.3, -0.25) is 0 Å². The molecule has 0 spiro atoms. The monoisotopic (exact) mass is 300 g/mol. The molecule has 1 aliphatic heterocycles. The van der Waals surface area contributed by atoms with Crippen LogP contribution in [0.5, 0.6) is 0 Å². The molecule has 2 rings (SSSR count). The van der Waals surface area contributed by atoms with E-state index in [4.69, 9.17) is 0 Å². The van der Waals surface area contributed by atoms with E-state index in [1.54, 1.807) is 13.8 Å². The highest BCUT2D eigenvalue weighted by Gasteiger charge is 2.33. The van der Waals surface area contributed by atoms with Gasteiger partial charge in [-0.05, 0) is 51.0 Å². The molecule has 4 nitrogen and oxygen atoms in total. The number of rotatable bonds is 2. The van der Waals surface area contributed by atoms with Gasteiger partial charge in [-0.1, -0.05) is 0 Å². The first kappa shape index (κ1) is 15.4. The van der Waals surface area contributed by atoms with Crippen LogP contribution in [0.1, 0.15) is 25.0 Å². The van der Waals surface area contributed by atoms with Crippen molar-refractivity contribution in [3.05, 3.63) is 29.1 Å². The summed E-state index contributed by atoms with van der Waals surface area (Å²) in [4.78, 5) is 0.236. The van der Waals surface area contributed by atoms with E-state index in [2.05, 4.69) is 5.32 Å². The van der Waals surface area contributed by atoms with Crippen LogP contribution in [0, 0.1) is 19.7 Å². The van der Waals surface area contributed by atoms with E-state index in [1.807, 2.05) is 13.8 Å². The molecule has 0 bridgehead atoms. The molecule has 1 N–H and O–H groups in total. The average molecular weight is 300 g/mol. The van der Waals surface area contributed by atoms with Crippen molar-refractivity contribution in [3.8, 4) is 0 Å². The van der Waals surface area contributed by atoms with Crippen molar-refractivity contribution >= 4 is 10.0 Å². The summed E-state index contributed by atoms with van der Waals surface area (Å²) >= 11 is 0. The Balaban J connectivity index is 2.45. The van der Waals surface area contributed by atoms with Gasteiger partial charge in [0.15, 0.2) is 0 Å². The minimum atomic E-state index is -3.58. The SMILES string of the molecule is Cc1cc(F)cc(C)c1S(=O)(=O)N1CC(C)NC(C)C1. The van der Waals surface area contributed by atoms with Gasteiger partial charge in [0.25, 0.3) is 0 Å². The number of nitrogens with one attached hydrogen (secondary N) is 1. The zero-order chi connectivity index (χ0) is 15.1. The van der Waals surface area contributed by atoms with Crippen LogP contribution in [0.2, 0.25) is 0 Å². The molecular formula is C14H21FN2O2S. The maximum atomic E-state index is 13.3. The molecule has 0 radical (unpaired) electrons. The summed E-state index contributed by atoms with van der Waals surface area (Å²) in [5, 5.41) is 3.30. The number of hydrogen-bond acceptors (Lipinski definition) is 3. The van der Waals surface area contributed by atoms with Crippen molar-refractivity contribution in [1.82, 2.24) is 9.62 Å². The molecule has 6 heteroatoms. The Morgan fingerprint density at radius 3 is 2.05 bits per heavy atom. The van der Waals surface area contributed by atoms with Gasteiger partial charge < -0.3 is 5.32 Å². The third-order valence-electron chi connectivity index (χ3n) is 3.55. The van der Waals surface area contributed by atoms with E-state index in [1.165, 1.54) is 16.4 Å². The minimum Gasteiger partial charge on any atom is -0.309 e. The lowest BCUT2D eigenvalue weighted by Crippen LogP contribution is -2.55. The van der Waals surface area contributed by atoms with Gasteiger partial charge in [-0.2, -0.15) is 4.31 Å². The number of piperazine rings is 1. The third-order valence-corrected chi connectivity index (χ3v) is 5.68. The van der Waals surface area contributed by atoms with Gasteiger partial charge in [0, 0.05) is 25.2 Å². The number of halogens is 1. The maximum Gasteiger partial charge on any atom is 0.243 e. The van der Waals surface area contributed by atoms with Crippen molar-refractivity contribution in [1.29, 1.82) is 0 Å². The van der Waals surface area contributed by atoms with Crippen molar-refractivity contribution in [3.63, 3.8) is 0 Å². The average Bonchev–Trinajstić information content (AvgIpc) is 2.25. The molecule has 0 saturated carbocycles. The fraction of sp³-hybridized carbons (Fsp3) is 0.571. The van der Waals surface area contributed by atoms with E-state index in [-0.39, 0.29) is 17.0 Å². The zero-order valence-electron chi connectivity index (χ0n) is 12.3. The molecule has 1 saturated heterocycles. The Kier molecular flexibility index (Phi) is 4.18. The predicted octanol–water partition coefficient (Wildman–Crippen LogP) is 1.81. The predicted molar refractivity (Wildman–Crippen MR) is 76.7 cm³/mol. The Labute approximate surface area is 120 Å². The summed E-state index contributed by atoms with van der Waals surface area (Å²) in [6, 6.07) is 2.76. The van der Waals surface area contributed by atoms with Gasteiger partial charge in [-0.25, -0.2) is 12.8 Å². The molecule has 0 aliphatic carbocycles. The summed E-state index contributed by atoms with van der Waals surface area (Å²) in [6.07, 6.45) is 0. The number of hydrogen-bond donors (Lipinski definition) is 1. The topological polar surface area (TPSA) is 49.4 Å². The summed E-state index contributed by atoms with van der Waals surface area (Å²) in [7, 11) is -3.58. The molecule has 2 unspecified atom stereocenters. The molecule has 0 amide bonds. The third kappa shape index (κ3) is 2.87. The highest BCUT2D eigenvalue weighted by molar-refractivity contribution is 7.89. The largest absolute Gasteiger partial charge is 0.309 e. The van der Waals surface area contributed by atoms with Crippen LogP contribution in [0.4, 0.5) is 4.39 Å². The van der Waals surface area contributed by atoms with Crippen molar-refractivity contribution in [2.75, 3.05) is 13.1 Å². The molecule has 0 aromatic heterocycles. The minimum absolute atomic E-state index is 0.106. The summed E-state index contributed by atoms with van der Waals surface area (Å²) in [5.41, 5.74) is 0.919. The second kappa shape index (κ2) is 5.42. The molecule has 1 aromatic carbocycles. The number of nitrogens with zero attached hydrogens (tertiary/aromatic N) is 1. The van der Waals surface area contributed by atoms with E-state index in [9.17, 15) is 12.8 Å². The van der Waals surface area contributed by atoms with Gasteiger partial charge in [0.1, 0.15) is 5.82 Å². The Morgan fingerprint density at radius 1 is 1.15 bits per heavy atom. The van der Waals surface area contributed by atoms with Crippen LogP contribution in [0.15, 0.2) is 17.0 Å². The molecule has 1 aromatic rings. The van der Waals surface area contributed by atoms with Crippen molar-refractivity contribution < 1.29 is 12.8 Å². The van der Waals surface area contributed by atoms with Crippen LogP contribution in [-0.2, 0) is 10.0 Å². The molecule has 1 aliphatic rings. The molecule has 1 heterocycles. The van der Waals surface area contributed by atoms with Crippen molar-refractivity contribution in [2.24, 2.45) is 0 Å². The van der Waals surface area contributed by atoms with Crippen molar-refractivity contribution in [2.45, 2.75) is 44.7 Å². The van der Waals surface area contributed by atoms with Crippen LogP contribution < -0.4 is 5.32 Å². The van der Waals surface area contributed by atoms with Crippen LogP contribution >= 0.6 is 0 Å². The molecule has 20 heavy (non-hydrogen) atoms. The number of benzene rings is 1. The molecular weight excluding hydrogens is 279 g/mol. The number of aryl methyl sites for hydroxylation is 2. The normalized spacial score (nSPS) is 24.9. The fourth-order valence-corrected chi connectivity index (χ4v) is 4.94. The Morgan fingerprint density at radius 2 is 1.60 bits per heavy atom. The summed E-state index contributed by atoms with van der Waals surface area (Å²) in [6.45, 7) is 8.06. The van der Waals surface area contributed by atoms with Gasteiger partial charge in [0.05, 0.1) is 4.90 Å². The molecule has 112 valence electrons. The van der Waals surface area contributed by atoms with Gasteiger partial charge >= 0.3 is 0 Å². The lowest BCUT2D eigenvalue weighted by molar-refractivity contribution is 0.262. The first-order valence-corrected chi connectivity index (χ1v) is 8.18. The maximum absolute atomic E-state index is 13.3. The highest BCUT2D eigenvalue weighted by Crippen LogP contribution is 2.26.